The fourth-order valence-electron chi connectivity index (χ4n) is 4.22. The molecule has 2 aromatic carbocycles. The summed E-state index contributed by atoms with van der Waals surface area (Å²) in [6.07, 6.45) is 2.58. The third-order valence-electron chi connectivity index (χ3n) is 6.35. The molecule has 2 aromatic heterocycles. The number of rotatable bonds is 13. The lowest BCUT2D eigenvalue weighted by Crippen LogP contribution is -2.26. The number of benzene rings is 2. The number of hydrogen-bond donors (Lipinski definition) is 1. The summed E-state index contributed by atoms with van der Waals surface area (Å²) in [5.41, 5.74) is 2.83. The number of aromatic nitrogens is 2. The van der Waals surface area contributed by atoms with E-state index in [9.17, 15) is 9.59 Å². The molecule has 9 nitrogen and oxygen atoms in total. The van der Waals surface area contributed by atoms with Gasteiger partial charge in [-0.1, -0.05) is 36.4 Å². The predicted molar refractivity (Wildman–Crippen MR) is 153 cm³/mol. The monoisotopic (exact) mass is 542 g/mol. The fraction of sp³-hybridized carbons (Fsp3) is 0.290. The van der Waals surface area contributed by atoms with Gasteiger partial charge >= 0.3 is 5.97 Å². The molecule has 2 heterocycles. The molecule has 0 bridgehead atoms. The van der Waals surface area contributed by atoms with Gasteiger partial charge in [0.25, 0.3) is 5.91 Å². The largest absolute Gasteiger partial charge is 0.493 e. The summed E-state index contributed by atoms with van der Waals surface area (Å²) in [7, 11) is 3.52. The molecule has 1 amide bonds. The maximum atomic E-state index is 13.0. The number of amides is 1. The second-order valence-corrected chi connectivity index (χ2v) is 9.19. The Hall–Kier alpha value is -4.66. The highest BCUT2D eigenvalue weighted by Gasteiger charge is 2.25. The van der Waals surface area contributed by atoms with Crippen LogP contribution in [0.5, 0.6) is 5.75 Å². The number of anilines is 2. The minimum atomic E-state index is -0.403. The number of para-hydroxylation sites is 1. The van der Waals surface area contributed by atoms with Crippen molar-refractivity contribution in [3.8, 4) is 5.75 Å². The van der Waals surface area contributed by atoms with Gasteiger partial charge < -0.3 is 24.1 Å². The van der Waals surface area contributed by atoms with Crippen molar-refractivity contribution in [2.75, 3.05) is 37.5 Å². The van der Waals surface area contributed by atoms with E-state index in [0.717, 1.165) is 28.5 Å². The van der Waals surface area contributed by atoms with E-state index in [2.05, 4.69) is 15.3 Å². The molecule has 1 N–H and O–H groups in total. The highest BCUT2D eigenvalue weighted by atomic mass is 16.5. The Bertz CT molecular complexity index is 1390. The van der Waals surface area contributed by atoms with Gasteiger partial charge in [-0.15, -0.1) is 0 Å². The standard InChI is InChI=1S/C31H34N4O5/c1-4-38-29(36)20-23(30-34-27(21-40-30)31(37)35(3)25-10-6-5-7-11-25)19-22-13-15-26(16-14-22)39-18-17-24-9-8-12-28(32-2)33-24/h5-16,21,23H,4,17-20H2,1-3H3,(H,32,33). The first-order valence-electron chi connectivity index (χ1n) is 13.3. The van der Waals surface area contributed by atoms with Crippen LogP contribution in [0, 0.1) is 0 Å². The van der Waals surface area contributed by atoms with Crippen LogP contribution in [-0.2, 0) is 22.4 Å². The van der Waals surface area contributed by atoms with Crippen molar-refractivity contribution in [2.24, 2.45) is 0 Å². The quantitative estimate of drug-likeness (QED) is 0.227. The normalized spacial score (nSPS) is 11.5. The second kappa shape index (κ2) is 13.9. The maximum Gasteiger partial charge on any atom is 0.306 e. The van der Waals surface area contributed by atoms with E-state index in [1.165, 1.54) is 11.2 Å². The third-order valence-corrected chi connectivity index (χ3v) is 6.35. The molecule has 0 aliphatic rings. The number of esters is 1. The Morgan fingerprint density at radius 2 is 1.77 bits per heavy atom. The number of pyridine rings is 1. The van der Waals surface area contributed by atoms with E-state index in [1.807, 2.05) is 79.8 Å². The Morgan fingerprint density at radius 1 is 1.00 bits per heavy atom. The van der Waals surface area contributed by atoms with Crippen LogP contribution in [0.25, 0.3) is 0 Å². The molecule has 0 radical (unpaired) electrons. The van der Waals surface area contributed by atoms with Gasteiger partial charge in [0.2, 0.25) is 0 Å². The van der Waals surface area contributed by atoms with Crippen LogP contribution in [0.3, 0.4) is 0 Å². The average Bonchev–Trinajstić information content (AvgIpc) is 3.48. The second-order valence-electron chi connectivity index (χ2n) is 9.19. The first-order valence-corrected chi connectivity index (χ1v) is 13.3. The number of ether oxygens (including phenoxy) is 2. The molecule has 1 unspecified atom stereocenters. The molecular weight excluding hydrogens is 508 g/mol. The summed E-state index contributed by atoms with van der Waals surface area (Å²) in [5, 5.41) is 3.04. The smallest absolute Gasteiger partial charge is 0.306 e. The molecule has 0 saturated carbocycles. The fourth-order valence-corrected chi connectivity index (χ4v) is 4.22. The van der Waals surface area contributed by atoms with Gasteiger partial charge in [0.1, 0.15) is 17.8 Å². The number of nitrogens with one attached hydrogen (secondary N) is 1. The van der Waals surface area contributed by atoms with Gasteiger partial charge in [-0.25, -0.2) is 9.97 Å². The molecule has 4 aromatic rings. The highest BCUT2D eigenvalue weighted by molar-refractivity contribution is 6.04. The molecule has 9 heteroatoms. The molecule has 0 aliphatic carbocycles. The summed E-state index contributed by atoms with van der Waals surface area (Å²) >= 11 is 0. The Labute approximate surface area is 234 Å². The van der Waals surface area contributed by atoms with Crippen molar-refractivity contribution >= 4 is 23.4 Å². The Balaban J connectivity index is 1.41. The van der Waals surface area contributed by atoms with Crippen molar-refractivity contribution < 1.29 is 23.5 Å². The van der Waals surface area contributed by atoms with E-state index >= 15 is 0 Å². The van der Waals surface area contributed by atoms with E-state index in [-0.39, 0.29) is 30.6 Å². The Kier molecular flexibility index (Phi) is 9.88. The summed E-state index contributed by atoms with van der Waals surface area (Å²) < 4.78 is 16.8. The van der Waals surface area contributed by atoms with Gasteiger partial charge in [0.15, 0.2) is 11.6 Å². The molecule has 40 heavy (non-hydrogen) atoms. The summed E-state index contributed by atoms with van der Waals surface area (Å²) in [5.74, 6) is 0.823. The minimum absolute atomic E-state index is 0.0768. The Morgan fingerprint density at radius 3 is 2.50 bits per heavy atom. The molecular formula is C31H34N4O5. The van der Waals surface area contributed by atoms with E-state index in [1.54, 1.807) is 14.0 Å². The van der Waals surface area contributed by atoms with Gasteiger partial charge in [-0.3, -0.25) is 9.59 Å². The number of oxazole rings is 1. The molecule has 1 atom stereocenters. The van der Waals surface area contributed by atoms with Gasteiger partial charge in [0.05, 0.1) is 25.6 Å². The lowest BCUT2D eigenvalue weighted by molar-refractivity contribution is -0.143. The van der Waals surface area contributed by atoms with Crippen LogP contribution in [0.1, 0.15) is 46.9 Å². The minimum Gasteiger partial charge on any atom is -0.493 e. The van der Waals surface area contributed by atoms with E-state index in [4.69, 9.17) is 13.9 Å². The van der Waals surface area contributed by atoms with Crippen LogP contribution in [0.2, 0.25) is 0 Å². The van der Waals surface area contributed by atoms with Gasteiger partial charge in [0, 0.05) is 31.9 Å². The summed E-state index contributed by atoms with van der Waals surface area (Å²) in [6, 6.07) is 22.8. The number of carbonyl (C=O) groups is 2. The van der Waals surface area contributed by atoms with Crippen molar-refractivity contribution in [3.05, 3.63) is 102 Å². The zero-order chi connectivity index (χ0) is 28.3. The van der Waals surface area contributed by atoms with E-state index in [0.29, 0.717) is 25.3 Å². The van der Waals surface area contributed by atoms with Crippen LogP contribution in [0.15, 0.2) is 83.5 Å². The summed E-state index contributed by atoms with van der Waals surface area (Å²) in [6.45, 7) is 2.54. The molecule has 0 fully saturated rings. The zero-order valence-corrected chi connectivity index (χ0v) is 23.0. The lowest BCUT2D eigenvalue weighted by atomic mass is 9.96. The lowest BCUT2D eigenvalue weighted by Gasteiger charge is -2.15. The first-order chi connectivity index (χ1) is 19.5. The topological polar surface area (TPSA) is 107 Å². The van der Waals surface area contributed by atoms with Gasteiger partial charge in [-0.2, -0.15) is 0 Å². The molecule has 4 rings (SSSR count). The van der Waals surface area contributed by atoms with Crippen molar-refractivity contribution in [1.82, 2.24) is 9.97 Å². The zero-order valence-electron chi connectivity index (χ0n) is 23.0. The van der Waals surface area contributed by atoms with Crippen LogP contribution in [-0.4, -0.2) is 49.2 Å². The highest BCUT2D eigenvalue weighted by Crippen LogP contribution is 2.27. The maximum absolute atomic E-state index is 13.0. The number of nitrogens with zero attached hydrogens (tertiary/aromatic N) is 3. The van der Waals surface area contributed by atoms with Crippen molar-refractivity contribution in [3.63, 3.8) is 0 Å². The van der Waals surface area contributed by atoms with E-state index < -0.39 is 5.92 Å². The first kappa shape index (κ1) is 28.4. The predicted octanol–water partition coefficient (Wildman–Crippen LogP) is 5.29. The van der Waals surface area contributed by atoms with Crippen LogP contribution >= 0.6 is 0 Å². The van der Waals surface area contributed by atoms with Crippen LogP contribution < -0.4 is 15.0 Å². The van der Waals surface area contributed by atoms with Crippen LogP contribution in [0.4, 0.5) is 11.5 Å². The van der Waals surface area contributed by atoms with Crippen molar-refractivity contribution in [2.45, 2.75) is 32.1 Å². The summed E-state index contributed by atoms with van der Waals surface area (Å²) in [4.78, 5) is 35.9. The molecule has 0 saturated heterocycles. The SMILES string of the molecule is CCOC(=O)CC(Cc1ccc(OCCc2cccc(NC)n2)cc1)c1nc(C(=O)N(C)c2ccccc2)co1. The number of hydrogen-bond acceptors (Lipinski definition) is 8. The van der Waals surface area contributed by atoms with Gasteiger partial charge in [-0.05, 0) is 55.3 Å². The molecule has 0 aliphatic heterocycles. The molecule has 208 valence electrons. The third kappa shape index (κ3) is 7.69. The average molecular weight is 543 g/mol. The number of carbonyl (C=O) groups excluding carboxylic acids is 2. The van der Waals surface area contributed by atoms with Crippen molar-refractivity contribution in [1.29, 1.82) is 0 Å². The molecule has 0 spiro atoms.